The average molecular weight is 336 g/mol. The van der Waals surface area contributed by atoms with E-state index >= 15 is 0 Å². The third-order valence-corrected chi connectivity index (χ3v) is 3.90. The van der Waals surface area contributed by atoms with Crippen LogP contribution in [0.4, 0.5) is 0 Å². The minimum Gasteiger partial charge on any atom is -0.462 e. The van der Waals surface area contributed by atoms with E-state index in [1.807, 2.05) is 37.3 Å². The number of rotatable bonds is 5. The summed E-state index contributed by atoms with van der Waals surface area (Å²) in [5.41, 5.74) is 3.48. The molecule has 25 heavy (non-hydrogen) atoms. The van der Waals surface area contributed by atoms with Gasteiger partial charge in [-0.25, -0.2) is 4.79 Å². The molecule has 5 heteroatoms. The Hall–Kier alpha value is -3.13. The molecule has 0 saturated heterocycles. The lowest BCUT2D eigenvalue weighted by molar-refractivity contribution is 0.0525. The van der Waals surface area contributed by atoms with Gasteiger partial charge in [0.2, 0.25) is 5.78 Å². The molecule has 0 radical (unpaired) electrons. The Morgan fingerprint density at radius 1 is 1.20 bits per heavy atom. The summed E-state index contributed by atoms with van der Waals surface area (Å²) in [5.74, 6) is -0.923. The number of benzene rings is 1. The summed E-state index contributed by atoms with van der Waals surface area (Å²) in [4.78, 5) is 27.7. The van der Waals surface area contributed by atoms with Crippen molar-refractivity contribution in [2.45, 2.75) is 27.7 Å². The van der Waals surface area contributed by atoms with Crippen LogP contribution in [0.15, 0.2) is 29.8 Å². The number of nitrogens with one attached hydrogen (secondary N) is 1. The van der Waals surface area contributed by atoms with Gasteiger partial charge >= 0.3 is 5.97 Å². The van der Waals surface area contributed by atoms with Crippen LogP contribution in [-0.4, -0.2) is 23.3 Å². The fraction of sp³-hybridized carbons (Fsp3) is 0.250. The highest BCUT2D eigenvalue weighted by atomic mass is 16.5. The molecular weight excluding hydrogens is 316 g/mol. The van der Waals surface area contributed by atoms with E-state index in [9.17, 15) is 14.9 Å². The molecule has 0 aliphatic heterocycles. The first kappa shape index (κ1) is 18.2. The molecule has 1 aromatic heterocycles. The number of Topliss-reactive ketones (excluding diaryl/α,β-unsaturated/α-hetero) is 1. The maximum absolute atomic E-state index is 12.7. The standard InChI is InChI=1S/C20H20N2O3/c1-5-25-20(24)17-13(3)18(22-14(17)4)19(23)16(11-21)10-15-8-6-12(2)7-9-15/h6-10,22H,5H2,1-4H3/b16-10+. The lowest BCUT2D eigenvalue weighted by Crippen LogP contribution is -2.08. The number of hydrogen-bond donors (Lipinski definition) is 1. The van der Waals surface area contributed by atoms with Crippen LogP contribution in [0.1, 0.15) is 50.2 Å². The Bertz CT molecular complexity index is 881. The number of carbonyl (C=O) groups excluding carboxylic acids is 2. The predicted molar refractivity (Wildman–Crippen MR) is 95.3 cm³/mol. The van der Waals surface area contributed by atoms with Crippen molar-refractivity contribution >= 4 is 17.8 Å². The zero-order chi connectivity index (χ0) is 18.6. The summed E-state index contributed by atoms with van der Waals surface area (Å²) in [6, 6.07) is 9.46. The topological polar surface area (TPSA) is 83.0 Å². The Labute approximate surface area is 146 Å². The molecule has 0 saturated carbocycles. The van der Waals surface area contributed by atoms with Crippen LogP contribution in [-0.2, 0) is 4.74 Å². The Kier molecular flexibility index (Phi) is 5.56. The molecule has 0 aliphatic rings. The molecule has 0 unspecified atom stereocenters. The van der Waals surface area contributed by atoms with Gasteiger partial charge in [-0.1, -0.05) is 29.8 Å². The van der Waals surface area contributed by atoms with E-state index in [0.717, 1.165) is 11.1 Å². The van der Waals surface area contributed by atoms with Crippen LogP contribution >= 0.6 is 0 Å². The molecule has 0 bridgehead atoms. The second kappa shape index (κ2) is 7.63. The zero-order valence-corrected chi connectivity index (χ0v) is 14.8. The first-order chi connectivity index (χ1) is 11.9. The van der Waals surface area contributed by atoms with Gasteiger partial charge in [-0.15, -0.1) is 0 Å². The molecule has 2 rings (SSSR count). The van der Waals surface area contributed by atoms with Crippen molar-refractivity contribution in [1.29, 1.82) is 5.26 Å². The van der Waals surface area contributed by atoms with E-state index in [1.165, 1.54) is 0 Å². The lowest BCUT2D eigenvalue weighted by atomic mass is 10.0. The van der Waals surface area contributed by atoms with Crippen LogP contribution in [0.5, 0.6) is 0 Å². The van der Waals surface area contributed by atoms with Crippen molar-refractivity contribution in [2.24, 2.45) is 0 Å². The van der Waals surface area contributed by atoms with Gasteiger partial charge in [-0.3, -0.25) is 4.79 Å². The fourth-order valence-corrected chi connectivity index (χ4v) is 2.60. The van der Waals surface area contributed by atoms with Crippen LogP contribution < -0.4 is 0 Å². The van der Waals surface area contributed by atoms with E-state index in [2.05, 4.69) is 4.98 Å². The van der Waals surface area contributed by atoms with Gasteiger partial charge in [0.25, 0.3) is 0 Å². The Morgan fingerprint density at radius 3 is 2.40 bits per heavy atom. The van der Waals surface area contributed by atoms with E-state index in [-0.39, 0.29) is 17.9 Å². The van der Waals surface area contributed by atoms with Crippen LogP contribution in [0.25, 0.3) is 6.08 Å². The van der Waals surface area contributed by atoms with Gasteiger partial charge in [-0.05, 0) is 44.9 Å². The normalized spacial score (nSPS) is 11.1. The summed E-state index contributed by atoms with van der Waals surface area (Å²) in [6.45, 7) is 7.31. The predicted octanol–water partition coefficient (Wildman–Crippen LogP) is 3.91. The second-order valence-electron chi connectivity index (χ2n) is 5.76. The molecule has 0 fully saturated rings. The minimum atomic E-state index is -0.478. The van der Waals surface area contributed by atoms with Gasteiger partial charge in [-0.2, -0.15) is 5.26 Å². The smallest absolute Gasteiger partial charge is 0.340 e. The number of nitrogens with zero attached hydrogens (tertiary/aromatic N) is 1. The molecule has 1 heterocycles. The highest BCUT2D eigenvalue weighted by molar-refractivity contribution is 6.15. The van der Waals surface area contributed by atoms with E-state index in [4.69, 9.17) is 4.74 Å². The number of ketones is 1. The molecule has 128 valence electrons. The summed E-state index contributed by atoms with van der Waals surface area (Å²) in [6.07, 6.45) is 1.54. The number of H-pyrrole nitrogens is 1. The second-order valence-corrected chi connectivity index (χ2v) is 5.76. The van der Waals surface area contributed by atoms with Crippen molar-refractivity contribution in [3.05, 3.63) is 63.5 Å². The number of nitriles is 1. The number of esters is 1. The first-order valence-corrected chi connectivity index (χ1v) is 7.98. The van der Waals surface area contributed by atoms with Gasteiger partial charge in [0.1, 0.15) is 11.6 Å². The highest BCUT2D eigenvalue weighted by Crippen LogP contribution is 2.22. The SMILES string of the molecule is CCOC(=O)c1c(C)[nH]c(C(=O)/C(C#N)=C/c2ccc(C)cc2)c1C. The molecule has 0 spiro atoms. The monoisotopic (exact) mass is 336 g/mol. The maximum Gasteiger partial charge on any atom is 0.340 e. The third-order valence-electron chi connectivity index (χ3n) is 3.90. The lowest BCUT2D eigenvalue weighted by Gasteiger charge is -2.03. The van der Waals surface area contributed by atoms with E-state index in [1.54, 1.807) is 26.8 Å². The van der Waals surface area contributed by atoms with E-state index in [0.29, 0.717) is 16.8 Å². The molecular formula is C20H20N2O3. The maximum atomic E-state index is 12.7. The number of aromatic nitrogens is 1. The van der Waals surface area contributed by atoms with Crippen LogP contribution in [0.2, 0.25) is 0 Å². The van der Waals surface area contributed by atoms with Crippen molar-refractivity contribution < 1.29 is 14.3 Å². The first-order valence-electron chi connectivity index (χ1n) is 7.98. The molecule has 0 amide bonds. The quantitative estimate of drug-likeness (QED) is 0.388. The number of aromatic amines is 1. The molecule has 2 aromatic rings. The number of ether oxygens (including phenoxy) is 1. The summed E-state index contributed by atoms with van der Waals surface area (Å²) >= 11 is 0. The molecule has 5 nitrogen and oxygen atoms in total. The fourth-order valence-electron chi connectivity index (χ4n) is 2.60. The van der Waals surface area contributed by atoms with Gasteiger partial charge in [0, 0.05) is 5.69 Å². The molecule has 1 N–H and O–H groups in total. The summed E-state index contributed by atoms with van der Waals surface area (Å²) in [5, 5.41) is 9.39. The van der Waals surface area contributed by atoms with Crippen molar-refractivity contribution in [3.8, 4) is 6.07 Å². The van der Waals surface area contributed by atoms with Crippen molar-refractivity contribution in [3.63, 3.8) is 0 Å². The van der Waals surface area contributed by atoms with Crippen LogP contribution in [0.3, 0.4) is 0 Å². The Morgan fingerprint density at radius 2 is 1.84 bits per heavy atom. The van der Waals surface area contributed by atoms with Gasteiger partial charge < -0.3 is 9.72 Å². The van der Waals surface area contributed by atoms with Crippen LogP contribution in [0, 0.1) is 32.1 Å². The summed E-state index contributed by atoms with van der Waals surface area (Å²) in [7, 11) is 0. The average Bonchev–Trinajstić information content (AvgIpc) is 2.88. The number of aryl methyl sites for hydroxylation is 2. The van der Waals surface area contributed by atoms with Crippen molar-refractivity contribution in [2.75, 3.05) is 6.61 Å². The molecule has 0 atom stereocenters. The van der Waals surface area contributed by atoms with E-state index < -0.39 is 11.8 Å². The Balaban J connectivity index is 2.42. The number of carbonyl (C=O) groups is 2. The summed E-state index contributed by atoms with van der Waals surface area (Å²) < 4.78 is 5.03. The number of hydrogen-bond acceptors (Lipinski definition) is 4. The molecule has 1 aromatic carbocycles. The minimum absolute atomic E-state index is 0.00334. The molecule has 0 aliphatic carbocycles. The zero-order valence-electron chi connectivity index (χ0n) is 14.8. The van der Waals surface area contributed by atoms with Gasteiger partial charge in [0.05, 0.1) is 17.9 Å². The van der Waals surface area contributed by atoms with Crippen molar-refractivity contribution in [1.82, 2.24) is 4.98 Å². The number of allylic oxidation sites excluding steroid dienone is 1. The largest absolute Gasteiger partial charge is 0.462 e. The highest BCUT2D eigenvalue weighted by Gasteiger charge is 2.24. The third kappa shape index (κ3) is 3.86. The van der Waals surface area contributed by atoms with Gasteiger partial charge in [0.15, 0.2) is 0 Å².